The van der Waals surface area contributed by atoms with Gasteiger partial charge in [-0.3, -0.25) is 4.79 Å². The highest BCUT2D eigenvalue weighted by atomic mass is 79.9. The normalized spacial score (nSPS) is 11.0. The second-order valence-electron chi connectivity index (χ2n) is 6.46. The summed E-state index contributed by atoms with van der Waals surface area (Å²) in [5.74, 6) is -0.0367. The molecule has 0 aliphatic heterocycles. The molecule has 0 radical (unpaired) electrons. The predicted molar refractivity (Wildman–Crippen MR) is 108 cm³/mol. The number of hydrogen-bond donors (Lipinski definition) is 0. The molecule has 1 aromatic heterocycles. The SMILES string of the molecule is Cc1cccc(-n2nc3cc(C)ccc3c2C(=O)c2ccc(Br)cc2)c1. The van der Waals surface area contributed by atoms with Crippen molar-refractivity contribution in [3.05, 3.63) is 93.6 Å². The number of halogens is 1. The molecule has 4 heteroatoms. The van der Waals surface area contributed by atoms with Crippen LogP contribution in [0.15, 0.2) is 71.2 Å². The van der Waals surface area contributed by atoms with E-state index in [1.165, 1.54) is 0 Å². The minimum atomic E-state index is -0.0367. The van der Waals surface area contributed by atoms with Crippen LogP contribution in [0.25, 0.3) is 16.6 Å². The molecule has 0 atom stereocenters. The summed E-state index contributed by atoms with van der Waals surface area (Å²) in [6.45, 7) is 4.06. The minimum absolute atomic E-state index is 0.0367. The number of benzene rings is 3. The summed E-state index contributed by atoms with van der Waals surface area (Å²) in [6, 6.07) is 21.5. The summed E-state index contributed by atoms with van der Waals surface area (Å²) in [7, 11) is 0. The Kier molecular flexibility index (Phi) is 4.21. The number of hydrogen-bond acceptors (Lipinski definition) is 2. The average molecular weight is 405 g/mol. The zero-order chi connectivity index (χ0) is 18.3. The van der Waals surface area contributed by atoms with Gasteiger partial charge in [-0.05, 0) is 67.4 Å². The second-order valence-corrected chi connectivity index (χ2v) is 7.37. The van der Waals surface area contributed by atoms with Gasteiger partial charge in [-0.15, -0.1) is 0 Å². The molecule has 3 nitrogen and oxygen atoms in total. The second kappa shape index (κ2) is 6.54. The lowest BCUT2D eigenvalue weighted by molar-refractivity contribution is 0.103. The summed E-state index contributed by atoms with van der Waals surface area (Å²) in [6.07, 6.45) is 0. The first kappa shape index (κ1) is 16.7. The van der Waals surface area contributed by atoms with Gasteiger partial charge in [0.15, 0.2) is 0 Å². The number of nitrogens with zero attached hydrogens (tertiary/aromatic N) is 2. The third-order valence-electron chi connectivity index (χ3n) is 4.40. The van der Waals surface area contributed by atoms with E-state index in [1.54, 1.807) is 4.68 Å². The van der Waals surface area contributed by atoms with Gasteiger partial charge >= 0.3 is 0 Å². The molecule has 128 valence electrons. The first-order valence-corrected chi connectivity index (χ1v) is 9.19. The molecule has 0 aliphatic carbocycles. The fourth-order valence-electron chi connectivity index (χ4n) is 3.10. The van der Waals surface area contributed by atoms with E-state index >= 15 is 0 Å². The molecule has 0 spiro atoms. The molecule has 0 saturated heterocycles. The van der Waals surface area contributed by atoms with Crippen LogP contribution in [0.1, 0.15) is 27.2 Å². The number of carbonyl (C=O) groups excluding carboxylic acids is 1. The van der Waals surface area contributed by atoms with Crippen LogP contribution in [0.3, 0.4) is 0 Å². The van der Waals surface area contributed by atoms with Crippen LogP contribution in [-0.4, -0.2) is 15.6 Å². The third-order valence-corrected chi connectivity index (χ3v) is 4.92. The van der Waals surface area contributed by atoms with Crippen LogP contribution in [0, 0.1) is 13.8 Å². The zero-order valence-corrected chi connectivity index (χ0v) is 16.1. The lowest BCUT2D eigenvalue weighted by Gasteiger charge is -2.08. The molecular formula is C22H17BrN2O. The van der Waals surface area contributed by atoms with Gasteiger partial charge in [-0.2, -0.15) is 5.10 Å². The van der Waals surface area contributed by atoms with Crippen molar-refractivity contribution in [1.82, 2.24) is 9.78 Å². The van der Waals surface area contributed by atoms with Gasteiger partial charge < -0.3 is 0 Å². The van der Waals surface area contributed by atoms with Crippen molar-refractivity contribution in [2.75, 3.05) is 0 Å². The Morgan fingerprint density at radius 1 is 0.923 bits per heavy atom. The summed E-state index contributed by atoms with van der Waals surface area (Å²) < 4.78 is 2.71. The number of aryl methyl sites for hydroxylation is 2. The van der Waals surface area contributed by atoms with E-state index in [2.05, 4.69) is 15.9 Å². The Balaban J connectivity index is 1.98. The first-order chi connectivity index (χ1) is 12.5. The molecule has 26 heavy (non-hydrogen) atoms. The Labute approximate surface area is 160 Å². The molecule has 0 unspecified atom stereocenters. The summed E-state index contributed by atoms with van der Waals surface area (Å²) >= 11 is 3.42. The van der Waals surface area contributed by atoms with Crippen LogP contribution in [-0.2, 0) is 0 Å². The molecule has 0 amide bonds. The van der Waals surface area contributed by atoms with E-state index in [0.29, 0.717) is 11.3 Å². The molecular weight excluding hydrogens is 388 g/mol. The molecule has 0 saturated carbocycles. The number of ketones is 1. The van der Waals surface area contributed by atoms with Crippen LogP contribution < -0.4 is 0 Å². The number of carbonyl (C=O) groups is 1. The summed E-state index contributed by atoms with van der Waals surface area (Å²) in [4.78, 5) is 13.3. The molecule has 0 N–H and O–H groups in total. The molecule has 0 aliphatic rings. The Bertz CT molecular complexity index is 1130. The first-order valence-electron chi connectivity index (χ1n) is 8.39. The highest BCUT2D eigenvalue weighted by molar-refractivity contribution is 9.10. The maximum atomic E-state index is 13.3. The van der Waals surface area contributed by atoms with E-state index in [1.807, 2.05) is 80.6 Å². The number of fused-ring (bicyclic) bond motifs is 1. The Morgan fingerprint density at radius 2 is 1.65 bits per heavy atom. The minimum Gasteiger partial charge on any atom is -0.287 e. The fraction of sp³-hybridized carbons (Fsp3) is 0.0909. The Hall–Kier alpha value is -2.72. The monoisotopic (exact) mass is 404 g/mol. The zero-order valence-electron chi connectivity index (χ0n) is 14.5. The van der Waals surface area contributed by atoms with Crippen LogP contribution >= 0.6 is 15.9 Å². The van der Waals surface area contributed by atoms with Crippen molar-refractivity contribution in [1.29, 1.82) is 0 Å². The molecule has 1 heterocycles. The van der Waals surface area contributed by atoms with Gasteiger partial charge in [-0.25, -0.2) is 4.68 Å². The maximum Gasteiger partial charge on any atom is 0.212 e. The van der Waals surface area contributed by atoms with Gasteiger partial charge in [-0.1, -0.05) is 40.2 Å². The van der Waals surface area contributed by atoms with Crippen LogP contribution in [0.4, 0.5) is 0 Å². The van der Waals surface area contributed by atoms with Gasteiger partial charge in [0.1, 0.15) is 5.69 Å². The quantitative estimate of drug-likeness (QED) is 0.414. The smallest absolute Gasteiger partial charge is 0.212 e. The van der Waals surface area contributed by atoms with Crippen molar-refractivity contribution < 1.29 is 4.79 Å². The summed E-state index contributed by atoms with van der Waals surface area (Å²) in [5, 5.41) is 5.60. The highest BCUT2D eigenvalue weighted by Gasteiger charge is 2.21. The highest BCUT2D eigenvalue weighted by Crippen LogP contribution is 2.26. The maximum absolute atomic E-state index is 13.3. The van der Waals surface area contributed by atoms with Gasteiger partial charge in [0.25, 0.3) is 0 Å². The third kappa shape index (κ3) is 2.97. The lowest BCUT2D eigenvalue weighted by Crippen LogP contribution is -2.10. The van der Waals surface area contributed by atoms with E-state index in [4.69, 9.17) is 5.10 Å². The number of rotatable bonds is 3. The molecule has 4 aromatic rings. The van der Waals surface area contributed by atoms with E-state index in [-0.39, 0.29) is 5.78 Å². The molecule has 0 bridgehead atoms. The average Bonchev–Trinajstić information content (AvgIpc) is 3.00. The van der Waals surface area contributed by atoms with Crippen LogP contribution in [0.5, 0.6) is 0 Å². The number of aromatic nitrogens is 2. The molecule has 3 aromatic carbocycles. The topological polar surface area (TPSA) is 34.9 Å². The van der Waals surface area contributed by atoms with Gasteiger partial charge in [0.2, 0.25) is 5.78 Å². The molecule has 0 fully saturated rings. The lowest BCUT2D eigenvalue weighted by atomic mass is 10.0. The summed E-state index contributed by atoms with van der Waals surface area (Å²) in [5.41, 5.74) is 5.19. The van der Waals surface area contributed by atoms with Crippen molar-refractivity contribution >= 4 is 32.6 Å². The van der Waals surface area contributed by atoms with E-state index in [0.717, 1.165) is 32.2 Å². The van der Waals surface area contributed by atoms with Crippen molar-refractivity contribution in [3.63, 3.8) is 0 Å². The molecule has 4 rings (SSSR count). The predicted octanol–water partition coefficient (Wildman–Crippen LogP) is 5.64. The van der Waals surface area contributed by atoms with Crippen molar-refractivity contribution in [2.24, 2.45) is 0 Å². The van der Waals surface area contributed by atoms with Gasteiger partial charge in [0.05, 0.1) is 11.2 Å². The van der Waals surface area contributed by atoms with Crippen LogP contribution in [0.2, 0.25) is 0 Å². The van der Waals surface area contributed by atoms with E-state index < -0.39 is 0 Å². The van der Waals surface area contributed by atoms with Crippen molar-refractivity contribution in [2.45, 2.75) is 13.8 Å². The van der Waals surface area contributed by atoms with Crippen molar-refractivity contribution in [3.8, 4) is 5.69 Å². The van der Waals surface area contributed by atoms with Gasteiger partial charge in [0, 0.05) is 15.4 Å². The standard InChI is InChI=1S/C22H17BrN2O/c1-14-4-3-5-18(12-14)25-21(19-11-6-15(2)13-20(19)24-25)22(26)16-7-9-17(23)10-8-16/h3-13H,1-2H3. The fourth-order valence-corrected chi connectivity index (χ4v) is 3.36. The van der Waals surface area contributed by atoms with E-state index in [9.17, 15) is 4.79 Å². The Morgan fingerprint density at radius 3 is 2.38 bits per heavy atom. The largest absolute Gasteiger partial charge is 0.287 e.